The second kappa shape index (κ2) is 8.26. The van der Waals surface area contributed by atoms with Crippen molar-refractivity contribution in [3.8, 4) is 0 Å². The van der Waals surface area contributed by atoms with E-state index in [1.807, 2.05) is 6.07 Å². The lowest BCUT2D eigenvalue weighted by Gasteiger charge is -2.03. The lowest BCUT2D eigenvalue weighted by Crippen LogP contribution is -2.02. The molecule has 168 valence electrons. The highest BCUT2D eigenvalue weighted by Crippen LogP contribution is 2.32. The zero-order valence-electron chi connectivity index (χ0n) is 19.7. The number of allylic oxidation sites excluding steroid dienone is 1. The fourth-order valence-electron chi connectivity index (χ4n) is 4.76. The summed E-state index contributed by atoms with van der Waals surface area (Å²) >= 11 is 11.6. The zero-order valence-corrected chi connectivity index (χ0v) is 21.3. The van der Waals surface area contributed by atoms with Gasteiger partial charge in [0.25, 0.3) is 0 Å². The van der Waals surface area contributed by atoms with Crippen LogP contribution in [-0.4, -0.2) is 29.7 Å². The number of hydrogen-bond acceptors (Lipinski definition) is 4. The summed E-state index contributed by atoms with van der Waals surface area (Å²) in [5.41, 5.74) is 11.6. The zero-order chi connectivity index (χ0) is 23.4. The van der Waals surface area contributed by atoms with E-state index < -0.39 is 0 Å². The molecule has 8 bridgehead atoms. The minimum absolute atomic E-state index is 0.0799. The third-order valence-corrected chi connectivity index (χ3v) is 7.90. The third-order valence-electron chi connectivity index (χ3n) is 6.76. The maximum absolute atomic E-state index is 5.78. The van der Waals surface area contributed by atoms with Crippen molar-refractivity contribution in [3.05, 3.63) is 69.6 Å². The number of aromatic amines is 2. The number of hydrogen-bond donors (Lipinski definition) is 2. The Morgan fingerprint density at radius 2 is 1.70 bits per heavy atom. The molecule has 2 atom stereocenters. The van der Waals surface area contributed by atoms with Crippen LogP contribution < -0.4 is 0 Å². The molecule has 3 aliphatic heterocycles. The van der Waals surface area contributed by atoms with Gasteiger partial charge >= 0.3 is 0 Å². The molecule has 0 aromatic carbocycles. The van der Waals surface area contributed by atoms with Gasteiger partial charge in [0.05, 0.1) is 28.5 Å². The SMILES string of the molecule is CCCc1c2nc(cc3[nH]c(cc4nc(cc5[nH]c1cc5C)C(C)C4=S)C(=S)C3C)C=C2C. The van der Waals surface area contributed by atoms with Gasteiger partial charge in [-0.1, -0.05) is 51.6 Å². The summed E-state index contributed by atoms with van der Waals surface area (Å²) in [6.45, 7) is 10.7. The predicted molar refractivity (Wildman–Crippen MR) is 145 cm³/mol. The van der Waals surface area contributed by atoms with Crippen molar-refractivity contribution in [2.75, 3.05) is 0 Å². The number of rotatable bonds is 2. The molecule has 0 aliphatic carbocycles. The van der Waals surface area contributed by atoms with E-state index in [9.17, 15) is 0 Å². The summed E-state index contributed by atoms with van der Waals surface area (Å²) in [4.78, 5) is 18.9. The van der Waals surface area contributed by atoms with E-state index in [-0.39, 0.29) is 11.8 Å². The molecule has 3 aliphatic rings. The van der Waals surface area contributed by atoms with Crippen LogP contribution in [0.5, 0.6) is 0 Å². The van der Waals surface area contributed by atoms with Gasteiger partial charge in [0, 0.05) is 43.9 Å². The first-order valence-corrected chi connectivity index (χ1v) is 12.4. The quantitative estimate of drug-likeness (QED) is 0.467. The van der Waals surface area contributed by atoms with Crippen LogP contribution in [0.3, 0.4) is 0 Å². The van der Waals surface area contributed by atoms with Gasteiger partial charge in [-0.3, -0.25) is 4.98 Å². The number of nitrogens with one attached hydrogen (secondary N) is 2. The highest BCUT2D eigenvalue weighted by molar-refractivity contribution is 7.81. The minimum atomic E-state index is 0.0799. The molecule has 0 spiro atoms. The molecule has 2 aromatic rings. The number of nitrogens with zero attached hydrogens (tertiary/aromatic N) is 2. The summed E-state index contributed by atoms with van der Waals surface area (Å²) in [5, 5.41) is 0. The summed E-state index contributed by atoms with van der Waals surface area (Å²) in [5.74, 6) is 0.189. The largest absolute Gasteiger partial charge is 0.357 e. The van der Waals surface area contributed by atoms with Crippen molar-refractivity contribution < 1.29 is 0 Å². The molecular weight excluding hydrogens is 444 g/mol. The number of aromatic nitrogens is 4. The Morgan fingerprint density at radius 1 is 0.909 bits per heavy atom. The average molecular weight is 473 g/mol. The Kier molecular flexibility index (Phi) is 5.53. The first-order valence-electron chi connectivity index (χ1n) is 11.6. The van der Waals surface area contributed by atoms with Crippen molar-refractivity contribution in [1.29, 1.82) is 0 Å². The van der Waals surface area contributed by atoms with E-state index in [1.54, 1.807) is 0 Å². The van der Waals surface area contributed by atoms with E-state index in [0.717, 1.165) is 67.8 Å². The average Bonchev–Trinajstić information content (AvgIpc) is 3.47. The molecule has 2 aromatic heterocycles. The molecule has 2 unspecified atom stereocenters. The topological polar surface area (TPSA) is 57.4 Å². The number of thiocarbonyl (C=S) groups is 2. The van der Waals surface area contributed by atoms with Crippen LogP contribution in [-0.2, 0) is 6.42 Å². The minimum Gasteiger partial charge on any atom is -0.357 e. The molecule has 4 nitrogen and oxygen atoms in total. The van der Waals surface area contributed by atoms with Crippen LogP contribution in [0.2, 0.25) is 0 Å². The molecule has 6 heteroatoms. The Hall–Kier alpha value is -2.70. The Balaban J connectivity index is 1.93. The van der Waals surface area contributed by atoms with Gasteiger partial charge in [0.1, 0.15) is 0 Å². The normalized spacial score (nSPS) is 19.0. The van der Waals surface area contributed by atoms with Gasteiger partial charge in [-0.15, -0.1) is 0 Å². The fourth-order valence-corrected chi connectivity index (χ4v) is 5.22. The molecule has 33 heavy (non-hydrogen) atoms. The Morgan fingerprint density at radius 3 is 2.45 bits per heavy atom. The molecule has 5 rings (SSSR count). The van der Waals surface area contributed by atoms with Crippen molar-refractivity contribution >= 4 is 56.8 Å². The van der Waals surface area contributed by atoms with Crippen LogP contribution in [0.4, 0.5) is 0 Å². The molecule has 0 amide bonds. The van der Waals surface area contributed by atoms with Gasteiger partial charge < -0.3 is 9.97 Å². The molecule has 0 saturated heterocycles. The maximum Gasteiger partial charge on any atom is 0.0800 e. The summed E-state index contributed by atoms with van der Waals surface area (Å²) in [6.07, 6.45) is 4.17. The van der Waals surface area contributed by atoms with Gasteiger partial charge in [-0.2, -0.15) is 0 Å². The van der Waals surface area contributed by atoms with Crippen molar-refractivity contribution in [1.82, 2.24) is 19.9 Å². The van der Waals surface area contributed by atoms with E-state index in [4.69, 9.17) is 34.4 Å². The Bertz CT molecular complexity index is 1420. The Labute approximate surface area is 205 Å². The molecule has 0 saturated carbocycles. The molecule has 0 radical (unpaired) electrons. The van der Waals surface area contributed by atoms with Crippen LogP contribution in [0.15, 0.2) is 24.3 Å². The van der Waals surface area contributed by atoms with Gasteiger partial charge in [0.2, 0.25) is 0 Å². The molecule has 5 heterocycles. The molecule has 0 fully saturated rings. The molecule has 2 N–H and O–H groups in total. The van der Waals surface area contributed by atoms with E-state index >= 15 is 0 Å². The smallest absolute Gasteiger partial charge is 0.0800 e. The standard InChI is InChI=1S/C27H28N4S2/c1-6-7-18-22-9-13(2)19(29-22)11-21-16(5)27(33)24(31-21)12-23-26(32)15(4)20(30-23)10-17-8-14(3)25(18)28-17/h8-12,15-16,29-30H,6-7H2,1-5H3. The van der Waals surface area contributed by atoms with E-state index in [2.05, 4.69) is 68.9 Å². The van der Waals surface area contributed by atoms with Gasteiger partial charge in [-0.05, 0) is 61.7 Å². The highest BCUT2D eigenvalue weighted by atomic mass is 32.1. The lowest BCUT2D eigenvalue weighted by atomic mass is 10.0. The molecular formula is C27H28N4S2. The predicted octanol–water partition coefficient (Wildman–Crippen LogP) is 6.90. The number of aryl methyl sites for hydroxylation is 2. The first-order chi connectivity index (χ1) is 15.8. The van der Waals surface area contributed by atoms with Crippen LogP contribution in [0.1, 0.15) is 91.2 Å². The summed E-state index contributed by atoms with van der Waals surface area (Å²) < 4.78 is 0. The third kappa shape index (κ3) is 3.75. The monoisotopic (exact) mass is 472 g/mol. The van der Waals surface area contributed by atoms with E-state index in [1.165, 1.54) is 16.7 Å². The number of fused-ring (bicyclic) bond motifs is 8. The summed E-state index contributed by atoms with van der Waals surface area (Å²) in [6, 6.07) is 8.51. The van der Waals surface area contributed by atoms with Crippen LogP contribution >= 0.6 is 24.4 Å². The second-order valence-corrected chi connectivity index (χ2v) is 10.1. The van der Waals surface area contributed by atoms with Crippen LogP contribution in [0, 0.1) is 6.92 Å². The maximum atomic E-state index is 5.78. The van der Waals surface area contributed by atoms with Crippen molar-refractivity contribution in [2.45, 2.75) is 59.3 Å². The lowest BCUT2D eigenvalue weighted by molar-refractivity contribution is 0.917. The van der Waals surface area contributed by atoms with Crippen molar-refractivity contribution in [3.63, 3.8) is 0 Å². The highest BCUT2D eigenvalue weighted by Gasteiger charge is 2.26. The first kappa shape index (κ1) is 22.1. The van der Waals surface area contributed by atoms with E-state index in [0.29, 0.717) is 0 Å². The summed E-state index contributed by atoms with van der Waals surface area (Å²) in [7, 11) is 0. The van der Waals surface area contributed by atoms with Gasteiger partial charge in [0.15, 0.2) is 0 Å². The van der Waals surface area contributed by atoms with Crippen molar-refractivity contribution in [2.24, 2.45) is 0 Å². The van der Waals surface area contributed by atoms with Crippen LogP contribution in [0.25, 0.3) is 22.7 Å². The second-order valence-electron chi connectivity index (χ2n) is 9.24. The van der Waals surface area contributed by atoms with Gasteiger partial charge in [-0.25, -0.2) is 4.98 Å². The number of H-pyrrole nitrogens is 2. The fraction of sp³-hybridized carbons (Fsp3) is 0.333.